The molecule has 0 aliphatic rings. The van der Waals surface area contributed by atoms with E-state index in [1.807, 2.05) is 6.92 Å². The molecule has 0 atom stereocenters. The molecule has 0 amide bonds. The van der Waals surface area contributed by atoms with Crippen molar-refractivity contribution in [2.75, 3.05) is 5.32 Å². The monoisotopic (exact) mass is 279 g/mol. The fourth-order valence-electron chi connectivity index (χ4n) is 1.76. The Hall–Kier alpha value is -1.49. The highest BCUT2D eigenvalue weighted by atomic mass is 32.1. The molecule has 0 aliphatic heterocycles. The van der Waals surface area contributed by atoms with Crippen LogP contribution in [0, 0.1) is 18.7 Å². The van der Waals surface area contributed by atoms with E-state index in [1.165, 1.54) is 6.07 Å². The van der Waals surface area contributed by atoms with Crippen LogP contribution in [0.25, 0.3) is 0 Å². The second kappa shape index (κ2) is 6.10. The molecule has 0 radical (unpaired) electrons. The Labute approximate surface area is 116 Å². The van der Waals surface area contributed by atoms with Crippen LogP contribution >= 0.6 is 11.3 Å². The fraction of sp³-hybridized carbons (Fsp3) is 0.429. The standard InChI is InChI=1S/C14H18FN3S/c1-9(2)6-13-17-18-14(19-13)16-8-11-7-12(15)5-4-10(11)3/h4-5,7,9H,6,8H2,1-3H3,(H,16,18). The molecule has 2 rings (SSSR count). The van der Waals surface area contributed by atoms with Crippen LogP contribution < -0.4 is 5.32 Å². The highest BCUT2D eigenvalue weighted by molar-refractivity contribution is 7.15. The quantitative estimate of drug-likeness (QED) is 0.904. The number of nitrogens with one attached hydrogen (secondary N) is 1. The van der Waals surface area contributed by atoms with Crippen LogP contribution in [0.4, 0.5) is 9.52 Å². The third kappa shape index (κ3) is 3.99. The molecular formula is C14H18FN3S. The van der Waals surface area contributed by atoms with Crippen LogP contribution in [0.1, 0.15) is 30.0 Å². The van der Waals surface area contributed by atoms with Gasteiger partial charge in [0.05, 0.1) is 0 Å². The minimum atomic E-state index is -0.208. The number of aromatic nitrogens is 2. The summed E-state index contributed by atoms with van der Waals surface area (Å²) in [4.78, 5) is 0. The molecule has 0 bridgehead atoms. The van der Waals surface area contributed by atoms with Gasteiger partial charge in [-0.05, 0) is 36.1 Å². The topological polar surface area (TPSA) is 37.8 Å². The van der Waals surface area contributed by atoms with Crippen LogP contribution in [0.2, 0.25) is 0 Å². The van der Waals surface area contributed by atoms with Crippen LogP contribution in [0.5, 0.6) is 0 Å². The van der Waals surface area contributed by atoms with E-state index in [-0.39, 0.29) is 5.82 Å². The Balaban J connectivity index is 1.98. The van der Waals surface area contributed by atoms with Gasteiger partial charge in [0.25, 0.3) is 0 Å². The lowest BCUT2D eigenvalue weighted by atomic mass is 10.1. The van der Waals surface area contributed by atoms with E-state index in [1.54, 1.807) is 23.5 Å². The van der Waals surface area contributed by atoms with E-state index in [9.17, 15) is 4.39 Å². The summed E-state index contributed by atoms with van der Waals surface area (Å²) in [5.74, 6) is 0.367. The minimum Gasteiger partial charge on any atom is -0.356 e. The second-order valence-corrected chi connectivity index (χ2v) is 6.09. The Morgan fingerprint density at radius 1 is 1.32 bits per heavy atom. The van der Waals surface area contributed by atoms with Gasteiger partial charge in [-0.3, -0.25) is 0 Å². The second-order valence-electron chi connectivity index (χ2n) is 5.02. The smallest absolute Gasteiger partial charge is 0.205 e. The highest BCUT2D eigenvalue weighted by Crippen LogP contribution is 2.19. The van der Waals surface area contributed by atoms with Crippen molar-refractivity contribution in [1.82, 2.24) is 10.2 Å². The molecule has 0 spiro atoms. The number of aryl methyl sites for hydroxylation is 1. The van der Waals surface area contributed by atoms with Crippen molar-refractivity contribution in [2.45, 2.75) is 33.7 Å². The first-order chi connectivity index (χ1) is 9.04. The lowest BCUT2D eigenvalue weighted by Crippen LogP contribution is -2.01. The molecule has 5 heteroatoms. The number of rotatable bonds is 5. The summed E-state index contributed by atoms with van der Waals surface area (Å²) in [6, 6.07) is 4.82. The number of anilines is 1. The Morgan fingerprint density at radius 3 is 2.84 bits per heavy atom. The van der Waals surface area contributed by atoms with Crippen molar-refractivity contribution in [3.8, 4) is 0 Å². The maximum Gasteiger partial charge on any atom is 0.205 e. The van der Waals surface area contributed by atoms with Gasteiger partial charge in [-0.1, -0.05) is 31.3 Å². The Bertz CT molecular complexity index is 551. The average molecular weight is 279 g/mol. The molecule has 0 saturated heterocycles. The van der Waals surface area contributed by atoms with Crippen LogP contribution in [0.15, 0.2) is 18.2 Å². The molecule has 1 N–H and O–H groups in total. The van der Waals surface area contributed by atoms with Gasteiger partial charge in [-0.15, -0.1) is 10.2 Å². The molecule has 1 aromatic heterocycles. The predicted molar refractivity (Wildman–Crippen MR) is 76.9 cm³/mol. The lowest BCUT2D eigenvalue weighted by Gasteiger charge is -2.06. The number of hydrogen-bond acceptors (Lipinski definition) is 4. The summed E-state index contributed by atoms with van der Waals surface area (Å²) in [7, 11) is 0. The van der Waals surface area contributed by atoms with Crippen LogP contribution in [-0.4, -0.2) is 10.2 Å². The molecular weight excluding hydrogens is 261 g/mol. The van der Waals surface area contributed by atoms with Gasteiger partial charge in [-0.25, -0.2) is 4.39 Å². The first-order valence-corrected chi connectivity index (χ1v) is 7.17. The van der Waals surface area contributed by atoms with Crippen molar-refractivity contribution < 1.29 is 4.39 Å². The zero-order valence-corrected chi connectivity index (χ0v) is 12.2. The van der Waals surface area contributed by atoms with Gasteiger partial charge < -0.3 is 5.32 Å². The van der Waals surface area contributed by atoms with E-state index in [2.05, 4.69) is 29.4 Å². The number of hydrogen-bond donors (Lipinski definition) is 1. The van der Waals surface area contributed by atoms with Gasteiger partial charge in [0.2, 0.25) is 5.13 Å². The van der Waals surface area contributed by atoms with Gasteiger partial charge in [0.1, 0.15) is 10.8 Å². The normalized spacial score (nSPS) is 11.0. The van der Waals surface area contributed by atoms with Gasteiger partial charge in [-0.2, -0.15) is 0 Å². The van der Waals surface area contributed by atoms with E-state index < -0.39 is 0 Å². The van der Waals surface area contributed by atoms with Gasteiger partial charge in [0, 0.05) is 13.0 Å². The lowest BCUT2D eigenvalue weighted by molar-refractivity contribution is 0.625. The molecule has 2 aromatic rings. The maximum atomic E-state index is 13.2. The van der Waals surface area contributed by atoms with Crippen molar-refractivity contribution >= 4 is 16.5 Å². The van der Waals surface area contributed by atoms with Gasteiger partial charge in [0.15, 0.2) is 0 Å². The van der Waals surface area contributed by atoms with Crippen molar-refractivity contribution in [3.05, 3.63) is 40.2 Å². The maximum absolute atomic E-state index is 13.2. The summed E-state index contributed by atoms with van der Waals surface area (Å²) in [6.45, 7) is 6.86. The summed E-state index contributed by atoms with van der Waals surface area (Å²) in [5, 5.41) is 13.3. The molecule has 0 saturated carbocycles. The van der Waals surface area contributed by atoms with Crippen molar-refractivity contribution in [1.29, 1.82) is 0 Å². The van der Waals surface area contributed by atoms with Crippen molar-refractivity contribution in [2.24, 2.45) is 5.92 Å². The van der Waals surface area contributed by atoms with E-state index in [0.717, 1.165) is 27.7 Å². The number of halogens is 1. The summed E-state index contributed by atoms with van der Waals surface area (Å²) in [5.41, 5.74) is 2.02. The SMILES string of the molecule is Cc1ccc(F)cc1CNc1nnc(CC(C)C)s1. The molecule has 1 heterocycles. The molecule has 3 nitrogen and oxygen atoms in total. The van der Waals surface area contributed by atoms with E-state index in [4.69, 9.17) is 0 Å². The summed E-state index contributed by atoms with van der Waals surface area (Å²) in [6.07, 6.45) is 0.943. The molecule has 102 valence electrons. The zero-order chi connectivity index (χ0) is 13.8. The predicted octanol–water partition coefficient (Wildman–Crippen LogP) is 3.80. The van der Waals surface area contributed by atoms with E-state index in [0.29, 0.717) is 12.5 Å². The molecule has 0 fully saturated rings. The summed E-state index contributed by atoms with van der Waals surface area (Å²) < 4.78 is 13.2. The average Bonchev–Trinajstić information content (AvgIpc) is 2.77. The molecule has 1 aromatic carbocycles. The van der Waals surface area contributed by atoms with Crippen LogP contribution in [0.3, 0.4) is 0 Å². The Morgan fingerprint density at radius 2 is 2.11 bits per heavy atom. The summed E-state index contributed by atoms with van der Waals surface area (Å²) >= 11 is 1.56. The van der Waals surface area contributed by atoms with E-state index >= 15 is 0 Å². The first kappa shape index (κ1) is 13.9. The number of nitrogens with zero attached hydrogens (tertiary/aromatic N) is 2. The van der Waals surface area contributed by atoms with Crippen LogP contribution in [-0.2, 0) is 13.0 Å². The number of benzene rings is 1. The third-order valence-corrected chi connectivity index (χ3v) is 3.69. The zero-order valence-electron chi connectivity index (χ0n) is 11.4. The highest BCUT2D eigenvalue weighted by Gasteiger charge is 2.07. The van der Waals surface area contributed by atoms with Crippen molar-refractivity contribution in [3.63, 3.8) is 0 Å². The largest absolute Gasteiger partial charge is 0.356 e. The molecule has 0 aliphatic carbocycles. The molecule has 0 unspecified atom stereocenters. The fourth-order valence-corrected chi connectivity index (χ4v) is 2.71. The first-order valence-electron chi connectivity index (χ1n) is 6.36. The minimum absolute atomic E-state index is 0.208. The Kier molecular flexibility index (Phi) is 4.47. The van der Waals surface area contributed by atoms with Gasteiger partial charge >= 0.3 is 0 Å². The third-order valence-electron chi connectivity index (χ3n) is 2.79. The molecule has 19 heavy (non-hydrogen) atoms.